The second kappa shape index (κ2) is 4.85. The number of aliphatic hydroxyl groups excluding tert-OH is 1. The molecule has 3 atom stereocenters. The van der Waals surface area contributed by atoms with Crippen molar-refractivity contribution >= 4 is 5.97 Å². The van der Waals surface area contributed by atoms with Crippen LogP contribution in [0.25, 0.3) is 0 Å². The molecule has 1 aromatic carbocycles. The van der Waals surface area contributed by atoms with Crippen LogP contribution in [0.4, 0.5) is 0 Å². The molecule has 92 valence electrons. The molecule has 0 radical (unpaired) electrons. The van der Waals surface area contributed by atoms with Gasteiger partial charge >= 0.3 is 5.97 Å². The van der Waals surface area contributed by atoms with E-state index in [4.69, 9.17) is 5.11 Å². The number of aliphatic carboxylic acids is 1. The van der Waals surface area contributed by atoms with Crippen molar-refractivity contribution in [2.75, 3.05) is 0 Å². The molecule has 17 heavy (non-hydrogen) atoms. The lowest BCUT2D eigenvalue weighted by atomic mass is 9.85. The van der Waals surface area contributed by atoms with E-state index in [1.54, 1.807) is 6.92 Å². The van der Waals surface area contributed by atoms with Crippen molar-refractivity contribution < 1.29 is 15.0 Å². The highest BCUT2D eigenvalue weighted by Gasteiger charge is 2.29. The summed E-state index contributed by atoms with van der Waals surface area (Å²) >= 11 is 0. The van der Waals surface area contributed by atoms with Crippen molar-refractivity contribution in [2.24, 2.45) is 0 Å². The predicted octanol–water partition coefficient (Wildman–Crippen LogP) is 1.10. The zero-order chi connectivity index (χ0) is 12.4. The number of carbonyl (C=O) groups is 1. The van der Waals surface area contributed by atoms with Gasteiger partial charge in [-0.1, -0.05) is 24.3 Å². The van der Waals surface area contributed by atoms with E-state index in [0.29, 0.717) is 0 Å². The summed E-state index contributed by atoms with van der Waals surface area (Å²) in [6.45, 7) is 1.59. The first-order valence-corrected chi connectivity index (χ1v) is 5.84. The van der Waals surface area contributed by atoms with E-state index in [0.717, 1.165) is 24.0 Å². The molecule has 0 heterocycles. The Kier molecular flexibility index (Phi) is 3.45. The lowest BCUT2D eigenvalue weighted by Gasteiger charge is -2.32. The number of hydrogen-bond acceptors (Lipinski definition) is 3. The summed E-state index contributed by atoms with van der Waals surface area (Å²) in [5.41, 5.74) is 2.06. The number of rotatable bonds is 3. The molecule has 0 aliphatic heterocycles. The number of carboxylic acid groups (broad SMARTS) is 1. The molecule has 0 aromatic heterocycles. The molecule has 3 N–H and O–H groups in total. The van der Waals surface area contributed by atoms with Gasteiger partial charge in [0.25, 0.3) is 0 Å². The maximum atomic E-state index is 10.8. The molecular weight excluding hydrogens is 218 g/mol. The number of aryl methyl sites for hydroxylation is 1. The van der Waals surface area contributed by atoms with E-state index in [-0.39, 0.29) is 6.04 Å². The summed E-state index contributed by atoms with van der Waals surface area (Å²) in [6, 6.07) is 6.94. The summed E-state index contributed by atoms with van der Waals surface area (Å²) in [4.78, 5) is 10.8. The molecule has 0 saturated heterocycles. The Morgan fingerprint density at radius 3 is 2.88 bits per heavy atom. The van der Waals surface area contributed by atoms with E-state index in [1.165, 1.54) is 0 Å². The second-order valence-electron chi connectivity index (χ2n) is 4.52. The van der Waals surface area contributed by atoms with Crippen LogP contribution in [-0.2, 0) is 11.2 Å². The normalized spacial score (nSPS) is 25.1. The monoisotopic (exact) mass is 235 g/mol. The zero-order valence-electron chi connectivity index (χ0n) is 9.76. The third kappa shape index (κ3) is 2.48. The Morgan fingerprint density at radius 2 is 2.18 bits per heavy atom. The maximum Gasteiger partial charge on any atom is 0.320 e. The lowest BCUT2D eigenvalue weighted by Crippen LogP contribution is -2.46. The minimum absolute atomic E-state index is 0.184. The quantitative estimate of drug-likeness (QED) is 0.733. The minimum Gasteiger partial charge on any atom is -0.480 e. The fraction of sp³-hybridized carbons (Fsp3) is 0.462. The van der Waals surface area contributed by atoms with Crippen LogP contribution in [0.1, 0.15) is 30.6 Å². The fourth-order valence-corrected chi connectivity index (χ4v) is 2.30. The van der Waals surface area contributed by atoms with Crippen LogP contribution in [0.5, 0.6) is 0 Å². The van der Waals surface area contributed by atoms with Crippen molar-refractivity contribution in [1.82, 2.24) is 5.32 Å². The number of nitrogens with one attached hydrogen (secondary N) is 1. The summed E-state index contributed by atoms with van der Waals surface area (Å²) < 4.78 is 0. The van der Waals surface area contributed by atoms with Crippen molar-refractivity contribution in [2.45, 2.75) is 38.0 Å². The smallest absolute Gasteiger partial charge is 0.320 e. The highest BCUT2D eigenvalue weighted by atomic mass is 16.4. The topological polar surface area (TPSA) is 69.6 Å². The largest absolute Gasteiger partial charge is 0.480 e. The van der Waals surface area contributed by atoms with E-state index in [9.17, 15) is 9.90 Å². The van der Waals surface area contributed by atoms with Crippen molar-refractivity contribution in [1.29, 1.82) is 0 Å². The van der Waals surface area contributed by atoms with Crippen LogP contribution < -0.4 is 5.32 Å². The van der Waals surface area contributed by atoms with E-state index in [2.05, 4.69) is 5.32 Å². The van der Waals surface area contributed by atoms with E-state index in [1.807, 2.05) is 24.3 Å². The van der Waals surface area contributed by atoms with Gasteiger partial charge in [0.1, 0.15) is 6.04 Å². The molecular formula is C13H17NO3. The predicted molar refractivity (Wildman–Crippen MR) is 63.7 cm³/mol. The van der Waals surface area contributed by atoms with Crippen LogP contribution in [-0.4, -0.2) is 28.3 Å². The van der Waals surface area contributed by atoms with Crippen LogP contribution in [0.2, 0.25) is 0 Å². The van der Waals surface area contributed by atoms with Gasteiger partial charge in [-0.3, -0.25) is 10.1 Å². The molecule has 0 saturated carbocycles. The average Bonchev–Trinajstić information content (AvgIpc) is 2.33. The standard InChI is InChI=1S/C13H17NO3/c1-8(13(16)17)14-11-7-6-9-4-2-3-5-10(9)12(11)15/h2-5,8,11-12,14-15H,6-7H2,1H3,(H,16,17)/t8-,11?,12?/m0/s1. The van der Waals surface area contributed by atoms with Gasteiger partial charge in [0.2, 0.25) is 0 Å². The summed E-state index contributed by atoms with van der Waals surface area (Å²) in [7, 11) is 0. The third-order valence-electron chi connectivity index (χ3n) is 3.31. The molecule has 2 rings (SSSR count). The van der Waals surface area contributed by atoms with Crippen LogP contribution in [0.15, 0.2) is 24.3 Å². The van der Waals surface area contributed by atoms with Crippen molar-refractivity contribution in [3.8, 4) is 0 Å². The number of aliphatic hydroxyl groups is 1. The number of hydrogen-bond donors (Lipinski definition) is 3. The first kappa shape index (κ1) is 12.1. The first-order valence-electron chi connectivity index (χ1n) is 5.84. The van der Waals surface area contributed by atoms with Crippen molar-refractivity contribution in [3.63, 3.8) is 0 Å². The van der Waals surface area contributed by atoms with Gasteiger partial charge < -0.3 is 10.2 Å². The summed E-state index contributed by atoms with van der Waals surface area (Å²) in [6.07, 6.45) is 1.01. The van der Waals surface area contributed by atoms with Crippen LogP contribution in [0, 0.1) is 0 Å². The summed E-state index contributed by atoms with van der Waals surface area (Å²) in [5.74, 6) is -0.893. The highest BCUT2D eigenvalue weighted by molar-refractivity contribution is 5.72. The fourth-order valence-electron chi connectivity index (χ4n) is 2.30. The van der Waals surface area contributed by atoms with Gasteiger partial charge in [-0.05, 0) is 30.9 Å². The van der Waals surface area contributed by atoms with Crippen LogP contribution in [0.3, 0.4) is 0 Å². The Hall–Kier alpha value is -1.39. The van der Waals surface area contributed by atoms with Gasteiger partial charge in [0.05, 0.1) is 6.10 Å². The van der Waals surface area contributed by atoms with Gasteiger partial charge in [-0.2, -0.15) is 0 Å². The molecule has 4 nitrogen and oxygen atoms in total. The molecule has 0 fully saturated rings. The first-order chi connectivity index (χ1) is 8.09. The molecule has 1 aliphatic carbocycles. The SMILES string of the molecule is C[C@H](NC1CCc2ccccc2C1O)C(=O)O. The molecule has 0 amide bonds. The summed E-state index contributed by atoms with van der Waals surface area (Å²) in [5, 5.41) is 22.0. The zero-order valence-corrected chi connectivity index (χ0v) is 9.76. The number of benzene rings is 1. The van der Waals surface area contributed by atoms with E-state index < -0.39 is 18.1 Å². The van der Waals surface area contributed by atoms with Crippen LogP contribution >= 0.6 is 0 Å². The number of fused-ring (bicyclic) bond motifs is 1. The minimum atomic E-state index is -0.893. The van der Waals surface area contributed by atoms with Crippen molar-refractivity contribution in [3.05, 3.63) is 35.4 Å². The molecule has 2 unspecified atom stereocenters. The van der Waals surface area contributed by atoms with E-state index >= 15 is 0 Å². The molecule has 4 heteroatoms. The third-order valence-corrected chi connectivity index (χ3v) is 3.31. The Morgan fingerprint density at radius 1 is 1.47 bits per heavy atom. The molecule has 1 aromatic rings. The Balaban J connectivity index is 2.12. The number of carboxylic acids is 1. The molecule has 0 spiro atoms. The average molecular weight is 235 g/mol. The maximum absolute atomic E-state index is 10.8. The Labute approximate surface area is 100 Å². The van der Waals surface area contributed by atoms with Gasteiger partial charge in [0, 0.05) is 6.04 Å². The Bertz CT molecular complexity index is 419. The lowest BCUT2D eigenvalue weighted by molar-refractivity contribution is -0.139. The van der Waals surface area contributed by atoms with Gasteiger partial charge in [-0.15, -0.1) is 0 Å². The van der Waals surface area contributed by atoms with Gasteiger partial charge in [0.15, 0.2) is 0 Å². The molecule has 1 aliphatic rings. The highest BCUT2D eigenvalue weighted by Crippen LogP contribution is 2.29. The second-order valence-corrected chi connectivity index (χ2v) is 4.52. The molecule has 0 bridgehead atoms. The van der Waals surface area contributed by atoms with Gasteiger partial charge in [-0.25, -0.2) is 0 Å².